The lowest BCUT2D eigenvalue weighted by molar-refractivity contribution is -0.143. The maximum atomic E-state index is 13.0. The molecular formula is C23H32N4O8S. The molecule has 1 aromatic rings. The van der Waals surface area contributed by atoms with Crippen LogP contribution in [0.15, 0.2) is 24.3 Å². The number of thioether (sulfide) groups is 1. The van der Waals surface area contributed by atoms with Crippen LogP contribution < -0.4 is 21.3 Å². The van der Waals surface area contributed by atoms with Gasteiger partial charge >= 0.3 is 11.9 Å². The lowest BCUT2D eigenvalue weighted by Gasteiger charge is -2.24. The van der Waals surface area contributed by atoms with E-state index in [1.54, 1.807) is 0 Å². The van der Waals surface area contributed by atoms with Gasteiger partial charge in [0.2, 0.25) is 17.7 Å². The van der Waals surface area contributed by atoms with Crippen LogP contribution >= 0.6 is 11.8 Å². The Bertz CT molecular complexity index is 937. The Morgan fingerprint density at radius 2 is 1.64 bits per heavy atom. The van der Waals surface area contributed by atoms with Gasteiger partial charge in [-0.25, -0.2) is 4.79 Å². The number of benzene rings is 1. The van der Waals surface area contributed by atoms with E-state index in [1.807, 2.05) is 6.26 Å². The molecule has 0 bridgehead atoms. The molecule has 1 saturated heterocycles. The highest BCUT2D eigenvalue weighted by Gasteiger charge is 2.32. The van der Waals surface area contributed by atoms with E-state index in [0.29, 0.717) is 24.3 Å². The van der Waals surface area contributed by atoms with Gasteiger partial charge in [-0.05, 0) is 55.5 Å². The number of nitrogens with one attached hydrogen (secondary N) is 4. The normalized spacial score (nSPS) is 17.4. The number of rotatable bonds is 14. The minimum absolute atomic E-state index is 0.00859. The van der Waals surface area contributed by atoms with Gasteiger partial charge in [0.1, 0.15) is 23.9 Å². The molecule has 4 unspecified atom stereocenters. The van der Waals surface area contributed by atoms with Crippen LogP contribution in [0.4, 0.5) is 0 Å². The molecule has 2 rings (SSSR count). The maximum absolute atomic E-state index is 13.0. The molecule has 0 saturated carbocycles. The first kappa shape index (κ1) is 28.9. The molecule has 7 N–H and O–H groups in total. The van der Waals surface area contributed by atoms with Crippen LogP contribution in [0.2, 0.25) is 0 Å². The number of carboxylic acid groups (broad SMARTS) is 2. The molecule has 36 heavy (non-hydrogen) atoms. The number of carbonyl (C=O) groups excluding carboxylic acids is 3. The summed E-state index contributed by atoms with van der Waals surface area (Å²) in [6, 6.07) is 1.33. The van der Waals surface area contributed by atoms with E-state index >= 15 is 0 Å². The van der Waals surface area contributed by atoms with Crippen LogP contribution in [-0.2, 0) is 30.4 Å². The molecule has 0 aromatic heterocycles. The summed E-state index contributed by atoms with van der Waals surface area (Å²) in [7, 11) is 0. The van der Waals surface area contributed by atoms with Crippen molar-refractivity contribution in [3.63, 3.8) is 0 Å². The van der Waals surface area contributed by atoms with Crippen molar-refractivity contribution in [1.29, 1.82) is 0 Å². The molecule has 1 aromatic carbocycles. The van der Waals surface area contributed by atoms with Crippen molar-refractivity contribution in [2.24, 2.45) is 0 Å². The minimum Gasteiger partial charge on any atom is -0.508 e. The molecule has 198 valence electrons. The van der Waals surface area contributed by atoms with E-state index in [0.717, 1.165) is 6.42 Å². The first-order valence-electron chi connectivity index (χ1n) is 11.5. The molecule has 12 nitrogen and oxygen atoms in total. The van der Waals surface area contributed by atoms with Crippen LogP contribution in [0.3, 0.4) is 0 Å². The summed E-state index contributed by atoms with van der Waals surface area (Å²) in [6.07, 6.45) is 2.63. The Morgan fingerprint density at radius 1 is 1.00 bits per heavy atom. The van der Waals surface area contributed by atoms with Gasteiger partial charge < -0.3 is 36.6 Å². The number of phenolic OH excluding ortho intramolecular Hbond substituents is 1. The monoisotopic (exact) mass is 524 g/mol. The van der Waals surface area contributed by atoms with Crippen molar-refractivity contribution in [2.45, 2.75) is 56.3 Å². The summed E-state index contributed by atoms with van der Waals surface area (Å²) in [5.74, 6) is -4.28. The number of hydrogen-bond donors (Lipinski definition) is 7. The van der Waals surface area contributed by atoms with Crippen molar-refractivity contribution in [1.82, 2.24) is 21.3 Å². The fourth-order valence-electron chi connectivity index (χ4n) is 3.68. The molecule has 1 heterocycles. The summed E-state index contributed by atoms with van der Waals surface area (Å²) >= 11 is 1.45. The summed E-state index contributed by atoms with van der Waals surface area (Å²) in [5.41, 5.74) is 0.514. The number of amides is 3. The Hall–Kier alpha value is -3.32. The zero-order chi connectivity index (χ0) is 26.7. The molecule has 4 atom stereocenters. The topological polar surface area (TPSA) is 194 Å². The summed E-state index contributed by atoms with van der Waals surface area (Å²) < 4.78 is 0. The van der Waals surface area contributed by atoms with Gasteiger partial charge in [0.05, 0.1) is 12.5 Å². The van der Waals surface area contributed by atoms with E-state index in [1.165, 1.54) is 36.0 Å². The Kier molecular flexibility index (Phi) is 11.5. The highest BCUT2D eigenvalue weighted by molar-refractivity contribution is 7.98. The molecule has 0 spiro atoms. The molecule has 1 fully saturated rings. The van der Waals surface area contributed by atoms with E-state index in [-0.39, 0.29) is 24.5 Å². The van der Waals surface area contributed by atoms with Crippen molar-refractivity contribution in [2.75, 3.05) is 18.6 Å². The average Bonchev–Trinajstić information content (AvgIpc) is 3.37. The zero-order valence-corrected chi connectivity index (χ0v) is 20.7. The lowest BCUT2D eigenvalue weighted by Crippen LogP contribution is -2.57. The number of phenols is 1. The van der Waals surface area contributed by atoms with Crippen molar-refractivity contribution >= 4 is 41.4 Å². The smallest absolute Gasteiger partial charge is 0.326 e. The van der Waals surface area contributed by atoms with Gasteiger partial charge in [0.25, 0.3) is 0 Å². The fourth-order valence-corrected chi connectivity index (χ4v) is 4.15. The first-order valence-corrected chi connectivity index (χ1v) is 12.9. The molecule has 1 aliphatic heterocycles. The molecule has 1 aliphatic rings. The molecule has 13 heteroatoms. The van der Waals surface area contributed by atoms with Gasteiger partial charge in [-0.1, -0.05) is 12.1 Å². The second-order valence-corrected chi connectivity index (χ2v) is 9.41. The van der Waals surface area contributed by atoms with Crippen molar-refractivity contribution in [3.05, 3.63) is 29.8 Å². The van der Waals surface area contributed by atoms with E-state index in [2.05, 4.69) is 21.3 Å². The first-order chi connectivity index (χ1) is 17.1. The fraction of sp³-hybridized carbons (Fsp3) is 0.522. The average molecular weight is 525 g/mol. The summed E-state index contributed by atoms with van der Waals surface area (Å²) in [5, 5.41) is 38.6. The number of aliphatic carboxylic acids is 2. The predicted octanol–water partition coefficient (Wildman–Crippen LogP) is -0.546. The second kappa shape index (κ2) is 14.3. The van der Waals surface area contributed by atoms with Gasteiger partial charge in [0, 0.05) is 6.42 Å². The Morgan fingerprint density at radius 3 is 2.19 bits per heavy atom. The third-order valence-electron chi connectivity index (χ3n) is 5.62. The number of aromatic hydroxyl groups is 1. The van der Waals surface area contributed by atoms with Gasteiger partial charge in [0.15, 0.2) is 0 Å². The highest BCUT2D eigenvalue weighted by Crippen LogP contribution is 2.12. The summed E-state index contributed by atoms with van der Waals surface area (Å²) in [6.45, 7) is 0.690. The molecular weight excluding hydrogens is 492 g/mol. The third kappa shape index (κ3) is 9.38. The van der Waals surface area contributed by atoms with Crippen LogP contribution in [0.1, 0.15) is 31.2 Å². The maximum Gasteiger partial charge on any atom is 0.326 e. The predicted molar refractivity (Wildman–Crippen MR) is 132 cm³/mol. The van der Waals surface area contributed by atoms with Crippen LogP contribution in [0.25, 0.3) is 0 Å². The SMILES string of the molecule is CSCCC(NC(=O)C1CCCN1)C(=O)NC(CC(=O)O)C(=O)NC(Cc1ccc(O)cc1)C(=O)O. The van der Waals surface area contributed by atoms with Crippen LogP contribution in [-0.4, -0.2) is 87.7 Å². The standard InChI is InChI=1S/C23H32N4O8S/c1-36-10-8-16(25-20(31)15-3-2-9-24-15)21(32)26-17(12-19(29)30)22(33)27-18(23(34)35)11-13-4-6-14(28)7-5-13/h4-7,15-18,24,28H,2-3,8-12H2,1H3,(H,25,31)(H,26,32)(H,27,33)(H,29,30)(H,34,35). The van der Waals surface area contributed by atoms with Crippen molar-refractivity contribution in [3.8, 4) is 5.75 Å². The molecule has 0 radical (unpaired) electrons. The second-order valence-electron chi connectivity index (χ2n) is 8.42. The third-order valence-corrected chi connectivity index (χ3v) is 6.27. The van der Waals surface area contributed by atoms with Gasteiger partial charge in [-0.2, -0.15) is 11.8 Å². The van der Waals surface area contributed by atoms with Crippen LogP contribution in [0, 0.1) is 0 Å². The van der Waals surface area contributed by atoms with Gasteiger partial charge in [-0.15, -0.1) is 0 Å². The Labute approximate surface area is 212 Å². The van der Waals surface area contributed by atoms with E-state index in [4.69, 9.17) is 0 Å². The summed E-state index contributed by atoms with van der Waals surface area (Å²) in [4.78, 5) is 61.4. The Balaban J connectivity index is 2.10. The van der Waals surface area contributed by atoms with Gasteiger partial charge in [-0.3, -0.25) is 19.2 Å². The quantitative estimate of drug-likeness (QED) is 0.166. The minimum atomic E-state index is -1.56. The van der Waals surface area contributed by atoms with E-state index < -0.39 is 54.3 Å². The number of carboxylic acids is 2. The molecule has 0 aliphatic carbocycles. The number of hydrogen-bond acceptors (Lipinski definition) is 8. The molecule has 3 amide bonds. The lowest BCUT2D eigenvalue weighted by atomic mass is 10.0. The number of carbonyl (C=O) groups is 5. The largest absolute Gasteiger partial charge is 0.508 e. The van der Waals surface area contributed by atoms with Crippen LogP contribution in [0.5, 0.6) is 5.75 Å². The van der Waals surface area contributed by atoms with E-state index in [9.17, 15) is 39.3 Å². The highest BCUT2D eigenvalue weighted by atomic mass is 32.2. The zero-order valence-electron chi connectivity index (χ0n) is 19.9. The van der Waals surface area contributed by atoms with Crippen molar-refractivity contribution < 1.29 is 39.3 Å².